The number of hydrogen-bond acceptors (Lipinski definition) is 5. The second-order valence-electron chi connectivity index (χ2n) is 7.48. The van der Waals surface area contributed by atoms with E-state index < -0.39 is 35.2 Å². The number of esters is 1. The first-order valence-corrected chi connectivity index (χ1v) is 10.3. The Hall–Kier alpha value is -4.45. The van der Waals surface area contributed by atoms with Crippen molar-refractivity contribution in [2.45, 2.75) is 17.8 Å². The lowest BCUT2D eigenvalue weighted by molar-refractivity contribution is -0.152. The first-order chi connectivity index (χ1) is 16.6. The summed E-state index contributed by atoms with van der Waals surface area (Å²) in [5.41, 5.74) is -2.38. The van der Waals surface area contributed by atoms with Gasteiger partial charge in [0.2, 0.25) is 0 Å². The van der Waals surface area contributed by atoms with E-state index in [1.54, 1.807) is 30.3 Å². The van der Waals surface area contributed by atoms with Gasteiger partial charge in [-0.1, -0.05) is 54.6 Å². The molecular weight excluding hydrogens is 461 g/mol. The maximum Gasteiger partial charge on any atom is 0.416 e. The molecular formula is C26H21F3N2O4. The standard InChI is InChI=1S/C26H21F3N2O4/c1-3-22(33)31-25(24(34)35-2,18-9-5-4-6-10-18)23(30-20-11-7-8-12-21(20)32)17-13-15-19(16-14-17)26(27,28)29/h1,4-16,23,30,32H,2H3,(H,31,33)/t23-,25-/m0/s1. The average Bonchev–Trinajstić information content (AvgIpc) is 2.86. The lowest BCUT2D eigenvalue weighted by atomic mass is 9.78. The summed E-state index contributed by atoms with van der Waals surface area (Å²) in [6.07, 6.45) is 0.695. The number of anilines is 1. The molecule has 0 spiro atoms. The van der Waals surface area contributed by atoms with Crippen molar-refractivity contribution in [3.8, 4) is 18.1 Å². The molecule has 3 N–H and O–H groups in total. The highest BCUT2D eigenvalue weighted by atomic mass is 19.4. The van der Waals surface area contributed by atoms with Crippen molar-refractivity contribution in [1.29, 1.82) is 0 Å². The van der Waals surface area contributed by atoms with Crippen molar-refractivity contribution < 1.29 is 32.6 Å². The Morgan fingerprint density at radius 1 is 0.943 bits per heavy atom. The van der Waals surface area contributed by atoms with Gasteiger partial charge in [0.1, 0.15) is 5.75 Å². The number of carbonyl (C=O) groups excluding carboxylic acids is 2. The van der Waals surface area contributed by atoms with Gasteiger partial charge in [-0.25, -0.2) is 4.79 Å². The number of carbonyl (C=O) groups is 2. The predicted molar refractivity (Wildman–Crippen MR) is 123 cm³/mol. The Labute approximate surface area is 199 Å². The van der Waals surface area contributed by atoms with Gasteiger partial charge in [0.25, 0.3) is 5.91 Å². The fourth-order valence-electron chi connectivity index (χ4n) is 3.73. The number of benzene rings is 3. The quantitative estimate of drug-likeness (QED) is 0.264. The normalized spacial score (nSPS) is 13.6. The van der Waals surface area contributed by atoms with E-state index >= 15 is 0 Å². The topological polar surface area (TPSA) is 87.7 Å². The molecule has 0 radical (unpaired) electrons. The third-order valence-electron chi connectivity index (χ3n) is 5.39. The molecule has 0 aromatic heterocycles. The number of methoxy groups -OCH3 is 1. The summed E-state index contributed by atoms with van der Waals surface area (Å²) < 4.78 is 44.7. The Balaban J connectivity index is 2.32. The molecule has 0 bridgehead atoms. The van der Waals surface area contributed by atoms with Crippen molar-refractivity contribution in [2.75, 3.05) is 12.4 Å². The molecule has 0 fully saturated rings. The monoisotopic (exact) mass is 482 g/mol. The third kappa shape index (κ3) is 5.22. The number of halogens is 3. The number of alkyl halides is 3. The number of phenols is 1. The minimum atomic E-state index is -4.59. The van der Waals surface area contributed by atoms with Crippen LogP contribution in [0.5, 0.6) is 5.75 Å². The Bertz CT molecular complexity index is 1240. The average molecular weight is 482 g/mol. The second-order valence-corrected chi connectivity index (χ2v) is 7.48. The smallest absolute Gasteiger partial charge is 0.416 e. The molecule has 0 unspecified atom stereocenters. The van der Waals surface area contributed by atoms with Crippen LogP contribution in [0.3, 0.4) is 0 Å². The van der Waals surface area contributed by atoms with Crippen LogP contribution in [-0.2, 0) is 26.0 Å². The number of hydrogen-bond donors (Lipinski definition) is 3. The van der Waals surface area contributed by atoms with Crippen LogP contribution in [0.2, 0.25) is 0 Å². The molecule has 0 saturated heterocycles. The molecule has 1 amide bonds. The molecule has 35 heavy (non-hydrogen) atoms. The van der Waals surface area contributed by atoms with E-state index in [9.17, 15) is 27.9 Å². The van der Waals surface area contributed by atoms with Crippen molar-refractivity contribution in [2.24, 2.45) is 0 Å². The summed E-state index contributed by atoms with van der Waals surface area (Å²) in [5.74, 6) is -0.206. The van der Waals surface area contributed by atoms with Crippen LogP contribution >= 0.6 is 0 Å². The molecule has 3 aromatic carbocycles. The number of terminal acetylenes is 1. The zero-order valence-corrected chi connectivity index (χ0v) is 18.5. The van der Waals surface area contributed by atoms with Crippen LogP contribution in [0.1, 0.15) is 22.7 Å². The SMILES string of the molecule is C#CC(=O)N[C@@](C(=O)OC)(c1ccccc1)[C@@H](Nc1ccccc1O)c1ccc(C(F)(F)F)cc1. The van der Waals surface area contributed by atoms with E-state index in [1.165, 1.54) is 36.4 Å². The van der Waals surface area contributed by atoms with Crippen molar-refractivity contribution in [1.82, 2.24) is 5.32 Å². The summed E-state index contributed by atoms with van der Waals surface area (Å²) in [6.45, 7) is 0. The summed E-state index contributed by atoms with van der Waals surface area (Å²) in [5, 5.41) is 15.9. The number of ether oxygens (including phenoxy) is 1. The van der Waals surface area contributed by atoms with Crippen molar-refractivity contribution in [3.63, 3.8) is 0 Å². The molecule has 3 rings (SSSR count). The van der Waals surface area contributed by atoms with Crippen LogP contribution in [-0.4, -0.2) is 24.1 Å². The summed E-state index contributed by atoms with van der Waals surface area (Å²) in [7, 11) is 1.10. The summed E-state index contributed by atoms with van der Waals surface area (Å²) in [6, 6.07) is 16.8. The molecule has 6 nitrogen and oxygen atoms in total. The lowest BCUT2D eigenvalue weighted by Crippen LogP contribution is -2.58. The van der Waals surface area contributed by atoms with Gasteiger partial charge in [0, 0.05) is 0 Å². The minimum absolute atomic E-state index is 0.150. The van der Waals surface area contributed by atoms with Crippen LogP contribution in [0.25, 0.3) is 0 Å². The van der Waals surface area contributed by atoms with Crippen LogP contribution < -0.4 is 10.6 Å². The Kier molecular flexibility index (Phi) is 7.35. The number of aromatic hydroxyl groups is 1. The molecule has 0 aliphatic heterocycles. The Morgan fingerprint density at radius 3 is 2.09 bits per heavy atom. The van der Waals surface area contributed by atoms with Gasteiger partial charge in [-0.15, -0.1) is 6.42 Å². The van der Waals surface area contributed by atoms with Crippen LogP contribution in [0.4, 0.5) is 18.9 Å². The number of phenolic OH excluding ortho intramolecular Hbond substituents is 1. The molecule has 9 heteroatoms. The zero-order valence-electron chi connectivity index (χ0n) is 18.5. The molecule has 0 aliphatic carbocycles. The highest BCUT2D eigenvalue weighted by molar-refractivity contribution is 5.98. The highest BCUT2D eigenvalue weighted by Gasteiger charge is 2.51. The number of amides is 1. The van der Waals surface area contributed by atoms with Gasteiger partial charge < -0.3 is 20.5 Å². The molecule has 0 heterocycles. The van der Waals surface area contributed by atoms with E-state index in [-0.39, 0.29) is 22.6 Å². The maximum atomic E-state index is 13.4. The minimum Gasteiger partial charge on any atom is -0.506 e. The van der Waals surface area contributed by atoms with Crippen molar-refractivity contribution in [3.05, 3.63) is 95.6 Å². The van der Waals surface area contributed by atoms with Gasteiger partial charge in [-0.3, -0.25) is 4.79 Å². The summed E-state index contributed by atoms with van der Waals surface area (Å²) >= 11 is 0. The van der Waals surface area contributed by atoms with E-state index in [0.29, 0.717) is 0 Å². The van der Waals surface area contributed by atoms with Crippen LogP contribution in [0.15, 0.2) is 78.9 Å². The van der Waals surface area contributed by atoms with E-state index in [4.69, 9.17) is 11.2 Å². The molecule has 180 valence electrons. The van der Waals surface area contributed by atoms with Gasteiger partial charge in [-0.05, 0) is 41.3 Å². The fraction of sp³-hybridized carbons (Fsp3) is 0.154. The molecule has 2 atom stereocenters. The van der Waals surface area contributed by atoms with Crippen molar-refractivity contribution >= 4 is 17.6 Å². The van der Waals surface area contributed by atoms with E-state index in [0.717, 1.165) is 19.2 Å². The molecule has 3 aromatic rings. The molecule has 0 aliphatic rings. The second kappa shape index (κ2) is 10.2. The van der Waals surface area contributed by atoms with Crippen LogP contribution in [0, 0.1) is 12.3 Å². The number of rotatable bonds is 7. The summed E-state index contributed by atoms with van der Waals surface area (Å²) in [4.78, 5) is 25.9. The zero-order chi connectivity index (χ0) is 25.6. The van der Waals surface area contributed by atoms with Gasteiger partial charge in [0.05, 0.1) is 24.4 Å². The number of para-hydroxylation sites is 2. The van der Waals surface area contributed by atoms with Gasteiger partial charge in [-0.2, -0.15) is 13.2 Å². The molecule has 0 saturated carbocycles. The van der Waals surface area contributed by atoms with Gasteiger partial charge >= 0.3 is 12.1 Å². The number of nitrogens with one attached hydrogen (secondary N) is 2. The largest absolute Gasteiger partial charge is 0.506 e. The fourth-order valence-corrected chi connectivity index (χ4v) is 3.73. The third-order valence-corrected chi connectivity index (χ3v) is 5.39. The maximum absolute atomic E-state index is 13.4. The van der Waals surface area contributed by atoms with E-state index in [2.05, 4.69) is 10.6 Å². The Morgan fingerprint density at radius 2 is 1.54 bits per heavy atom. The predicted octanol–water partition coefficient (Wildman–Crippen LogP) is 4.38. The highest BCUT2D eigenvalue weighted by Crippen LogP contribution is 2.41. The lowest BCUT2D eigenvalue weighted by Gasteiger charge is -2.40. The first kappa shape index (κ1) is 25.2. The first-order valence-electron chi connectivity index (χ1n) is 10.3. The van der Waals surface area contributed by atoms with Gasteiger partial charge in [0.15, 0.2) is 5.54 Å². The van der Waals surface area contributed by atoms with E-state index in [1.807, 2.05) is 5.92 Å².